The molecule has 0 radical (unpaired) electrons. The second kappa shape index (κ2) is 4.42. The number of aliphatic hydroxyl groups excluding tert-OH is 1. The molecule has 0 aliphatic rings. The Balaban J connectivity index is 2.51. The van der Waals surface area contributed by atoms with Crippen molar-refractivity contribution in [3.8, 4) is 0 Å². The fourth-order valence-corrected chi connectivity index (χ4v) is 2.24. The van der Waals surface area contributed by atoms with Gasteiger partial charge in [-0.1, -0.05) is 29.8 Å². The molecule has 92 valence electrons. The van der Waals surface area contributed by atoms with E-state index in [4.69, 9.17) is 0 Å². The number of benzene rings is 1. The van der Waals surface area contributed by atoms with Gasteiger partial charge in [-0.05, 0) is 25.1 Å². The van der Waals surface area contributed by atoms with Crippen LogP contribution >= 0.6 is 15.9 Å². The van der Waals surface area contributed by atoms with E-state index in [1.54, 1.807) is 0 Å². The van der Waals surface area contributed by atoms with Crippen LogP contribution < -0.4 is 0 Å². The number of aryl methyl sites for hydroxylation is 1. The molecule has 0 saturated heterocycles. The van der Waals surface area contributed by atoms with Crippen molar-refractivity contribution in [3.05, 3.63) is 28.4 Å². The van der Waals surface area contributed by atoms with Gasteiger partial charge >= 0.3 is 0 Å². The summed E-state index contributed by atoms with van der Waals surface area (Å²) in [5.41, 5.74) is 1.98. The van der Waals surface area contributed by atoms with E-state index in [1.807, 2.05) is 31.5 Å². The maximum atomic E-state index is 9.34. The lowest BCUT2D eigenvalue weighted by Crippen LogP contribution is -2.24. The van der Waals surface area contributed by atoms with E-state index in [0.29, 0.717) is 6.54 Å². The minimum atomic E-state index is -0.159. The Kier molecular flexibility index (Phi) is 3.27. The van der Waals surface area contributed by atoms with Gasteiger partial charge in [0.1, 0.15) is 0 Å². The summed E-state index contributed by atoms with van der Waals surface area (Å²) in [4.78, 5) is 0. The van der Waals surface area contributed by atoms with Crippen LogP contribution in [0.15, 0.2) is 22.7 Å². The molecule has 4 heteroatoms. The van der Waals surface area contributed by atoms with Crippen LogP contribution in [0.5, 0.6) is 0 Å². The Hall–Kier alpha value is -0.870. The molecule has 1 aromatic carbocycles. The molecule has 1 aromatic heterocycles. The summed E-state index contributed by atoms with van der Waals surface area (Å²) < 4.78 is 3.03. The van der Waals surface area contributed by atoms with Gasteiger partial charge in [-0.25, -0.2) is 0 Å². The standard InChI is InChI=1S/C13H17BrN2O/c1-9-11-5-4-10(14)6-12(11)16(15-9)7-13(2,3)8-17/h4-6,17H,7-8H2,1-3H3. The molecule has 0 aliphatic carbocycles. The van der Waals surface area contributed by atoms with Crippen LogP contribution in [0.3, 0.4) is 0 Å². The van der Waals surface area contributed by atoms with E-state index in [1.165, 1.54) is 5.39 Å². The minimum Gasteiger partial charge on any atom is -0.396 e. The summed E-state index contributed by atoms with van der Waals surface area (Å²) in [5, 5.41) is 15.1. The number of fused-ring (bicyclic) bond motifs is 1. The molecule has 0 fully saturated rings. The van der Waals surface area contributed by atoms with Crippen LogP contribution in [0.4, 0.5) is 0 Å². The Morgan fingerprint density at radius 2 is 2.12 bits per heavy atom. The minimum absolute atomic E-state index is 0.154. The van der Waals surface area contributed by atoms with Gasteiger partial charge in [0.2, 0.25) is 0 Å². The highest BCUT2D eigenvalue weighted by Gasteiger charge is 2.19. The summed E-state index contributed by atoms with van der Waals surface area (Å²) in [7, 11) is 0. The number of nitrogens with zero attached hydrogens (tertiary/aromatic N) is 2. The average Bonchev–Trinajstić information content (AvgIpc) is 2.55. The van der Waals surface area contributed by atoms with E-state index in [2.05, 4.69) is 33.2 Å². The maximum absolute atomic E-state index is 9.34. The van der Waals surface area contributed by atoms with Crippen LogP contribution in [0, 0.1) is 12.3 Å². The number of rotatable bonds is 3. The molecule has 0 saturated carbocycles. The van der Waals surface area contributed by atoms with E-state index in [-0.39, 0.29) is 12.0 Å². The van der Waals surface area contributed by atoms with Gasteiger partial charge in [0.05, 0.1) is 11.2 Å². The first-order chi connectivity index (χ1) is 7.93. The molecule has 2 aromatic rings. The van der Waals surface area contributed by atoms with Crippen LogP contribution in [0.1, 0.15) is 19.5 Å². The molecule has 0 amide bonds. The molecule has 3 nitrogen and oxygen atoms in total. The zero-order chi connectivity index (χ0) is 12.6. The highest BCUT2D eigenvalue weighted by atomic mass is 79.9. The monoisotopic (exact) mass is 296 g/mol. The highest BCUT2D eigenvalue weighted by molar-refractivity contribution is 9.10. The lowest BCUT2D eigenvalue weighted by molar-refractivity contribution is 0.138. The number of aliphatic hydroxyl groups is 1. The molecule has 17 heavy (non-hydrogen) atoms. The van der Waals surface area contributed by atoms with Gasteiger partial charge in [-0.15, -0.1) is 0 Å². The fourth-order valence-electron chi connectivity index (χ4n) is 1.89. The topological polar surface area (TPSA) is 38.0 Å². The highest BCUT2D eigenvalue weighted by Crippen LogP contribution is 2.25. The van der Waals surface area contributed by atoms with Gasteiger partial charge in [-0.3, -0.25) is 4.68 Å². The Labute approximate surface area is 110 Å². The molecule has 0 bridgehead atoms. The van der Waals surface area contributed by atoms with Crippen molar-refractivity contribution in [1.82, 2.24) is 9.78 Å². The predicted molar refractivity (Wildman–Crippen MR) is 73.0 cm³/mol. The van der Waals surface area contributed by atoms with Crippen LogP contribution in [0.25, 0.3) is 10.9 Å². The molecule has 1 N–H and O–H groups in total. The number of halogens is 1. The summed E-state index contributed by atoms with van der Waals surface area (Å²) in [5.74, 6) is 0. The van der Waals surface area contributed by atoms with Gasteiger partial charge in [0, 0.05) is 28.4 Å². The van der Waals surface area contributed by atoms with Crippen molar-refractivity contribution >= 4 is 26.8 Å². The lowest BCUT2D eigenvalue weighted by atomic mass is 9.95. The van der Waals surface area contributed by atoms with Gasteiger partial charge in [0.25, 0.3) is 0 Å². The van der Waals surface area contributed by atoms with Gasteiger partial charge in [-0.2, -0.15) is 5.10 Å². The van der Waals surface area contributed by atoms with Gasteiger partial charge in [0.15, 0.2) is 0 Å². The van der Waals surface area contributed by atoms with Crippen LogP contribution in [-0.2, 0) is 6.54 Å². The quantitative estimate of drug-likeness (QED) is 0.945. The zero-order valence-corrected chi connectivity index (χ0v) is 12.0. The van der Waals surface area contributed by atoms with E-state index < -0.39 is 0 Å². The smallest absolute Gasteiger partial charge is 0.0696 e. The number of hydrogen-bond acceptors (Lipinski definition) is 2. The molecule has 0 aliphatic heterocycles. The molecule has 0 atom stereocenters. The molecular weight excluding hydrogens is 280 g/mol. The Bertz CT molecular complexity index is 546. The summed E-state index contributed by atoms with van der Waals surface area (Å²) >= 11 is 3.48. The van der Waals surface area contributed by atoms with Crippen LogP contribution in [0.2, 0.25) is 0 Å². The zero-order valence-electron chi connectivity index (χ0n) is 10.4. The normalized spacial score (nSPS) is 12.3. The summed E-state index contributed by atoms with van der Waals surface area (Å²) in [6.07, 6.45) is 0. The van der Waals surface area contributed by atoms with E-state index in [9.17, 15) is 5.11 Å². The average molecular weight is 297 g/mol. The van der Waals surface area contributed by atoms with Crippen molar-refractivity contribution in [2.75, 3.05) is 6.61 Å². The van der Waals surface area contributed by atoms with Crippen molar-refractivity contribution in [2.24, 2.45) is 5.41 Å². The first-order valence-electron chi connectivity index (χ1n) is 5.66. The van der Waals surface area contributed by atoms with E-state index in [0.717, 1.165) is 15.7 Å². The Morgan fingerprint density at radius 3 is 2.76 bits per heavy atom. The summed E-state index contributed by atoms with van der Waals surface area (Å²) in [6.45, 7) is 6.95. The second-order valence-electron chi connectivity index (χ2n) is 5.23. The molecule has 0 unspecified atom stereocenters. The third-order valence-corrected chi connectivity index (χ3v) is 3.40. The maximum Gasteiger partial charge on any atom is 0.0696 e. The third kappa shape index (κ3) is 2.53. The van der Waals surface area contributed by atoms with Crippen molar-refractivity contribution < 1.29 is 5.11 Å². The first-order valence-corrected chi connectivity index (χ1v) is 6.46. The molecule has 1 heterocycles. The van der Waals surface area contributed by atoms with Crippen molar-refractivity contribution in [1.29, 1.82) is 0 Å². The summed E-state index contributed by atoms with van der Waals surface area (Å²) in [6, 6.07) is 6.17. The van der Waals surface area contributed by atoms with Gasteiger partial charge < -0.3 is 5.11 Å². The fraction of sp³-hybridized carbons (Fsp3) is 0.462. The second-order valence-corrected chi connectivity index (χ2v) is 6.14. The molecular formula is C13H17BrN2O. The molecule has 0 spiro atoms. The lowest BCUT2D eigenvalue weighted by Gasteiger charge is -2.21. The largest absolute Gasteiger partial charge is 0.396 e. The predicted octanol–water partition coefficient (Wildman–Crippen LogP) is 3.13. The SMILES string of the molecule is Cc1nn(CC(C)(C)CO)c2cc(Br)ccc12. The van der Waals surface area contributed by atoms with Crippen molar-refractivity contribution in [2.45, 2.75) is 27.3 Å². The number of aromatic nitrogens is 2. The van der Waals surface area contributed by atoms with Crippen LogP contribution in [-0.4, -0.2) is 21.5 Å². The third-order valence-electron chi connectivity index (χ3n) is 2.90. The van der Waals surface area contributed by atoms with Crippen molar-refractivity contribution in [3.63, 3.8) is 0 Å². The first kappa shape index (κ1) is 12.6. The number of hydrogen-bond donors (Lipinski definition) is 1. The van der Waals surface area contributed by atoms with E-state index >= 15 is 0 Å². The Morgan fingerprint density at radius 1 is 1.41 bits per heavy atom. The molecule has 2 rings (SSSR count).